The number of halogens is 1. The molecule has 0 unspecified atom stereocenters. The number of hydrogen-bond acceptors (Lipinski definition) is 7. The molecule has 0 aliphatic heterocycles. The molecule has 1 amide bonds. The summed E-state index contributed by atoms with van der Waals surface area (Å²) in [5.41, 5.74) is 5.99. The van der Waals surface area contributed by atoms with Gasteiger partial charge in [0.25, 0.3) is 5.91 Å². The van der Waals surface area contributed by atoms with E-state index in [4.69, 9.17) is 20.9 Å². The molecule has 10 heteroatoms. The minimum Gasteiger partial charge on any atom is -0.479 e. The molecular weight excluding hydrogens is 336 g/mol. The molecule has 0 saturated heterocycles. The van der Waals surface area contributed by atoms with Crippen LogP contribution in [0.4, 0.5) is 6.01 Å². The van der Waals surface area contributed by atoms with E-state index in [1.165, 1.54) is 18.0 Å². The van der Waals surface area contributed by atoms with E-state index in [0.717, 1.165) is 5.56 Å². The molecule has 2 N–H and O–H groups in total. The number of rotatable bonds is 5. The van der Waals surface area contributed by atoms with Crippen molar-refractivity contribution >= 4 is 23.5 Å². The SMILES string of the molecule is COc1nn(C)cc1C(=O)NNc1nc(-c2ccc(Cl)cc2)no1. The lowest BCUT2D eigenvalue weighted by atomic mass is 10.2. The van der Waals surface area contributed by atoms with Crippen molar-refractivity contribution < 1.29 is 14.1 Å². The van der Waals surface area contributed by atoms with Crippen molar-refractivity contribution in [3.05, 3.63) is 41.0 Å². The van der Waals surface area contributed by atoms with Crippen LogP contribution in [-0.2, 0) is 7.05 Å². The van der Waals surface area contributed by atoms with Crippen LogP contribution in [0, 0.1) is 0 Å². The summed E-state index contributed by atoms with van der Waals surface area (Å²) in [4.78, 5) is 16.2. The zero-order chi connectivity index (χ0) is 17.1. The molecule has 2 heterocycles. The van der Waals surface area contributed by atoms with E-state index in [-0.39, 0.29) is 17.5 Å². The summed E-state index contributed by atoms with van der Waals surface area (Å²) in [5, 5.41) is 8.43. The first-order chi connectivity index (χ1) is 11.6. The molecule has 2 aromatic heterocycles. The maximum absolute atomic E-state index is 12.1. The van der Waals surface area contributed by atoms with Crippen LogP contribution >= 0.6 is 11.6 Å². The van der Waals surface area contributed by atoms with Gasteiger partial charge in [-0.3, -0.25) is 14.9 Å². The number of amides is 1. The van der Waals surface area contributed by atoms with E-state index >= 15 is 0 Å². The summed E-state index contributed by atoms with van der Waals surface area (Å²) in [6.45, 7) is 0. The third-order valence-corrected chi connectivity index (χ3v) is 3.30. The van der Waals surface area contributed by atoms with E-state index in [9.17, 15) is 4.79 Å². The van der Waals surface area contributed by atoms with Gasteiger partial charge in [-0.2, -0.15) is 4.98 Å². The van der Waals surface area contributed by atoms with E-state index < -0.39 is 5.91 Å². The van der Waals surface area contributed by atoms with Crippen molar-refractivity contribution in [1.82, 2.24) is 25.3 Å². The zero-order valence-electron chi connectivity index (χ0n) is 12.8. The summed E-state index contributed by atoms with van der Waals surface area (Å²) in [7, 11) is 3.12. The molecule has 0 saturated carbocycles. The van der Waals surface area contributed by atoms with Gasteiger partial charge < -0.3 is 9.26 Å². The number of anilines is 1. The third-order valence-electron chi connectivity index (χ3n) is 3.04. The monoisotopic (exact) mass is 348 g/mol. The second-order valence-corrected chi connectivity index (χ2v) is 5.17. The Labute approximate surface area is 141 Å². The standard InChI is InChI=1S/C14H13ClN6O3/c1-21-7-10(13(19-21)23-2)12(22)17-18-14-16-11(20-24-14)8-3-5-9(15)6-4-8/h3-7H,1-2H3,(H,17,22)(H,16,18,20). The molecule has 3 rings (SSSR count). The smallest absolute Gasteiger partial charge is 0.340 e. The number of aryl methyl sites for hydroxylation is 1. The molecule has 124 valence electrons. The molecule has 0 spiro atoms. The Balaban J connectivity index is 1.67. The van der Waals surface area contributed by atoms with Gasteiger partial charge in [-0.1, -0.05) is 16.8 Å². The highest BCUT2D eigenvalue weighted by Crippen LogP contribution is 2.20. The van der Waals surface area contributed by atoms with E-state index in [1.54, 1.807) is 31.3 Å². The normalized spacial score (nSPS) is 10.5. The predicted molar refractivity (Wildman–Crippen MR) is 85.6 cm³/mol. The third kappa shape index (κ3) is 3.30. The fourth-order valence-corrected chi connectivity index (χ4v) is 2.07. The minimum absolute atomic E-state index is 0.0381. The first-order valence-corrected chi connectivity index (χ1v) is 7.18. The van der Waals surface area contributed by atoms with Gasteiger partial charge in [0, 0.05) is 23.8 Å². The Morgan fingerprint density at radius 3 is 2.79 bits per heavy atom. The van der Waals surface area contributed by atoms with Gasteiger partial charge in [0.15, 0.2) is 0 Å². The molecule has 3 aromatic rings. The van der Waals surface area contributed by atoms with Crippen molar-refractivity contribution in [3.8, 4) is 17.3 Å². The van der Waals surface area contributed by atoms with Crippen molar-refractivity contribution in [2.75, 3.05) is 12.5 Å². The van der Waals surface area contributed by atoms with Crippen molar-refractivity contribution in [2.45, 2.75) is 0 Å². The van der Waals surface area contributed by atoms with Gasteiger partial charge in [-0.25, -0.2) is 5.43 Å². The number of aromatic nitrogens is 4. The van der Waals surface area contributed by atoms with Crippen molar-refractivity contribution in [2.24, 2.45) is 7.05 Å². The van der Waals surface area contributed by atoms with Crippen molar-refractivity contribution in [3.63, 3.8) is 0 Å². The fraction of sp³-hybridized carbons (Fsp3) is 0.143. The van der Waals surface area contributed by atoms with Gasteiger partial charge in [0.2, 0.25) is 11.7 Å². The second kappa shape index (κ2) is 6.59. The average Bonchev–Trinajstić information content (AvgIpc) is 3.19. The minimum atomic E-state index is -0.453. The molecule has 0 aliphatic carbocycles. The topological polar surface area (TPSA) is 107 Å². The van der Waals surface area contributed by atoms with Gasteiger partial charge in [0.05, 0.1) is 7.11 Å². The molecule has 24 heavy (non-hydrogen) atoms. The van der Waals surface area contributed by atoms with Crippen LogP contribution < -0.4 is 15.6 Å². The predicted octanol–water partition coefficient (Wildman–Crippen LogP) is 1.89. The van der Waals surface area contributed by atoms with Crippen LogP contribution in [0.5, 0.6) is 5.88 Å². The molecule has 0 bridgehead atoms. The maximum Gasteiger partial charge on any atom is 0.340 e. The van der Waals surface area contributed by atoms with Crippen LogP contribution in [0.15, 0.2) is 35.0 Å². The van der Waals surface area contributed by atoms with Crippen molar-refractivity contribution in [1.29, 1.82) is 0 Å². The number of carbonyl (C=O) groups excluding carboxylic acids is 1. The summed E-state index contributed by atoms with van der Waals surface area (Å²) in [6.07, 6.45) is 1.53. The molecule has 0 radical (unpaired) electrons. The molecule has 0 atom stereocenters. The highest BCUT2D eigenvalue weighted by atomic mass is 35.5. The largest absolute Gasteiger partial charge is 0.479 e. The van der Waals surface area contributed by atoms with Crippen LogP contribution in [0.3, 0.4) is 0 Å². The van der Waals surface area contributed by atoms with Crippen LogP contribution in [0.1, 0.15) is 10.4 Å². The lowest BCUT2D eigenvalue weighted by Gasteiger charge is -2.03. The Hall–Kier alpha value is -3.07. The number of methoxy groups -OCH3 is 1. The van der Waals surface area contributed by atoms with Gasteiger partial charge in [-0.15, -0.1) is 5.10 Å². The van der Waals surface area contributed by atoms with Crippen LogP contribution in [0.2, 0.25) is 5.02 Å². The average molecular weight is 349 g/mol. The summed E-state index contributed by atoms with van der Waals surface area (Å²) >= 11 is 5.83. The van der Waals surface area contributed by atoms with Gasteiger partial charge in [0.1, 0.15) is 5.56 Å². The van der Waals surface area contributed by atoms with Crippen LogP contribution in [0.25, 0.3) is 11.4 Å². The number of ether oxygens (including phenoxy) is 1. The van der Waals surface area contributed by atoms with Crippen LogP contribution in [-0.4, -0.2) is 32.9 Å². The Bertz CT molecular complexity index is 858. The Morgan fingerprint density at radius 2 is 2.08 bits per heavy atom. The van der Waals surface area contributed by atoms with E-state index in [1.807, 2.05) is 0 Å². The van der Waals surface area contributed by atoms with Gasteiger partial charge >= 0.3 is 6.01 Å². The van der Waals surface area contributed by atoms with E-state index in [0.29, 0.717) is 10.8 Å². The quantitative estimate of drug-likeness (QED) is 0.678. The number of benzene rings is 1. The summed E-state index contributed by atoms with van der Waals surface area (Å²) in [6, 6.07) is 7.00. The summed E-state index contributed by atoms with van der Waals surface area (Å²) in [5.74, 6) is 0.123. The molecule has 1 aromatic carbocycles. The first-order valence-electron chi connectivity index (χ1n) is 6.80. The van der Waals surface area contributed by atoms with E-state index in [2.05, 4.69) is 26.1 Å². The highest BCUT2D eigenvalue weighted by molar-refractivity contribution is 6.30. The summed E-state index contributed by atoms with van der Waals surface area (Å²) < 4.78 is 11.5. The Kier molecular flexibility index (Phi) is 4.34. The van der Waals surface area contributed by atoms with Gasteiger partial charge in [-0.05, 0) is 24.3 Å². The highest BCUT2D eigenvalue weighted by Gasteiger charge is 2.17. The number of hydrogen-bond donors (Lipinski definition) is 2. The number of nitrogens with one attached hydrogen (secondary N) is 2. The second-order valence-electron chi connectivity index (χ2n) is 4.73. The molecule has 0 fully saturated rings. The maximum atomic E-state index is 12.1. The first kappa shape index (κ1) is 15.8. The number of carbonyl (C=O) groups is 1. The lowest BCUT2D eigenvalue weighted by Crippen LogP contribution is -2.29. The zero-order valence-corrected chi connectivity index (χ0v) is 13.5. The fourth-order valence-electron chi connectivity index (χ4n) is 1.94. The number of nitrogens with zero attached hydrogens (tertiary/aromatic N) is 4. The molecule has 0 aliphatic rings. The number of hydrazine groups is 1. The Morgan fingerprint density at radius 1 is 1.33 bits per heavy atom. The lowest BCUT2D eigenvalue weighted by molar-refractivity contribution is 0.0958. The molecule has 9 nitrogen and oxygen atoms in total. The molecular formula is C14H13ClN6O3.